The number of carbonyl (C=O) groups excluding carboxylic acids is 1. The molecule has 0 amide bonds. The summed E-state index contributed by atoms with van der Waals surface area (Å²) in [5, 5.41) is 1.13. The number of nitrogens with zero attached hydrogens (tertiary/aromatic N) is 1. The first kappa shape index (κ1) is 15.0. The molecule has 0 N–H and O–H groups in total. The van der Waals surface area contributed by atoms with Crippen LogP contribution in [-0.2, 0) is 4.79 Å². The lowest BCUT2D eigenvalue weighted by atomic mass is 10.1. The van der Waals surface area contributed by atoms with Crippen LogP contribution in [0.4, 0.5) is 5.69 Å². The lowest BCUT2D eigenvalue weighted by molar-refractivity contribution is -0.108. The minimum absolute atomic E-state index is 0.158. The molecule has 2 aromatic rings. The maximum absolute atomic E-state index is 10.9. The van der Waals surface area contributed by atoms with Crippen molar-refractivity contribution in [3.8, 4) is 0 Å². The molecule has 1 fully saturated rings. The van der Waals surface area contributed by atoms with Crippen molar-refractivity contribution < 1.29 is 9.21 Å². The fourth-order valence-electron chi connectivity index (χ4n) is 3.40. The zero-order chi connectivity index (χ0) is 16.4. The Bertz CT molecular complexity index is 835. The van der Waals surface area contributed by atoms with E-state index in [0.717, 1.165) is 41.7 Å². The molecule has 1 atom stereocenters. The first-order valence-corrected chi connectivity index (χ1v) is 8.64. The van der Waals surface area contributed by atoms with Crippen molar-refractivity contribution in [2.75, 3.05) is 18.0 Å². The highest BCUT2D eigenvalue weighted by molar-refractivity contribution is 5.87. The molecule has 1 aliphatic heterocycles. The fraction of sp³-hybridized carbons (Fsp3) is 0.286. The molecule has 1 aromatic heterocycles. The first-order chi connectivity index (χ1) is 11.8. The van der Waals surface area contributed by atoms with Gasteiger partial charge in [0, 0.05) is 29.7 Å². The van der Waals surface area contributed by atoms with Gasteiger partial charge in [0.15, 0.2) is 0 Å². The van der Waals surface area contributed by atoms with E-state index in [4.69, 9.17) is 4.42 Å². The topological polar surface area (TPSA) is 33.5 Å². The van der Waals surface area contributed by atoms with Gasteiger partial charge >= 0.3 is 0 Å². The summed E-state index contributed by atoms with van der Waals surface area (Å²) in [4.78, 5) is 13.4. The van der Waals surface area contributed by atoms with E-state index < -0.39 is 0 Å². The molecule has 1 aromatic carbocycles. The Morgan fingerprint density at radius 3 is 2.79 bits per heavy atom. The number of hydrogen-bond acceptors (Lipinski definition) is 3. The zero-order valence-corrected chi connectivity index (χ0v) is 13.7. The van der Waals surface area contributed by atoms with Crippen LogP contribution >= 0.6 is 0 Å². The highest BCUT2D eigenvalue weighted by Crippen LogP contribution is 2.30. The average molecular weight is 319 g/mol. The molecule has 3 heteroatoms. The zero-order valence-electron chi connectivity index (χ0n) is 13.7. The van der Waals surface area contributed by atoms with Gasteiger partial charge in [-0.2, -0.15) is 0 Å². The van der Waals surface area contributed by atoms with Crippen molar-refractivity contribution in [2.24, 2.45) is 5.92 Å². The van der Waals surface area contributed by atoms with Crippen LogP contribution in [0.5, 0.6) is 0 Å². The molecule has 1 unspecified atom stereocenters. The number of hydrogen-bond donors (Lipinski definition) is 0. The second kappa shape index (κ2) is 6.52. The standard InChI is InChI=1S/C21H21NO2/c23-15-16-5-4-6-17(8-7-16)21-14-18-13-19(9-10-20(18)24-21)22-11-2-1-3-12-22/h4-10,13-16H,1-3,11-12H2. The van der Waals surface area contributed by atoms with E-state index in [9.17, 15) is 4.79 Å². The fourth-order valence-corrected chi connectivity index (χ4v) is 3.40. The van der Waals surface area contributed by atoms with Gasteiger partial charge < -0.3 is 14.1 Å². The van der Waals surface area contributed by atoms with E-state index in [1.165, 1.54) is 24.9 Å². The summed E-state index contributed by atoms with van der Waals surface area (Å²) in [7, 11) is 0. The summed E-state index contributed by atoms with van der Waals surface area (Å²) in [6.07, 6.45) is 14.5. The summed E-state index contributed by atoms with van der Waals surface area (Å²) in [5.41, 5.74) is 3.17. The number of aldehydes is 1. The number of anilines is 1. The number of rotatable bonds is 3. The van der Waals surface area contributed by atoms with Gasteiger partial charge in [-0.3, -0.25) is 0 Å². The number of furan rings is 1. The predicted molar refractivity (Wildman–Crippen MR) is 98.1 cm³/mol. The van der Waals surface area contributed by atoms with Crippen LogP contribution in [0.25, 0.3) is 16.5 Å². The molecule has 1 aliphatic carbocycles. The minimum Gasteiger partial charge on any atom is -0.456 e. The molecule has 0 spiro atoms. The van der Waals surface area contributed by atoms with Crippen LogP contribution in [0.15, 0.2) is 59.1 Å². The molecule has 122 valence electrons. The van der Waals surface area contributed by atoms with Crippen LogP contribution in [-0.4, -0.2) is 19.4 Å². The largest absolute Gasteiger partial charge is 0.456 e. The molecular formula is C21H21NO2. The van der Waals surface area contributed by atoms with Crippen LogP contribution in [0.2, 0.25) is 0 Å². The lowest BCUT2D eigenvalue weighted by Crippen LogP contribution is -2.29. The number of fused-ring (bicyclic) bond motifs is 1. The van der Waals surface area contributed by atoms with Crippen molar-refractivity contribution in [3.63, 3.8) is 0 Å². The summed E-state index contributed by atoms with van der Waals surface area (Å²) in [5.74, 6) is 0.682. The van der Waals surface area contributed by atoms with Crippen LogP contribution < -0.4 is 4.90 Å². The maximum Gasteiger partial charge on any atom is 0.135 e. The van der Waals surface area contributed by atoms with Gasteiger partial charge in [-0.15, -0.1) is 0 Å². The normalized spacial score (nSPS) is 20.9. The molecule has 3 nitrogen and oxygen atoms in total. The average Bonchev–Trinajstić information content (AvgIpc) is 2.91. The Morgan fingerprint density at radius 1 is 1.08 bits per heavy atom. The van der Waals surface area contributed by atoms with Crippen molar-refractivity contribution >= 4 is 28.5 Å². The van der Waals surface area contributed by atoms with E-state index >= 15 is 0 Å². The van der Waals surface area contributed by atoms with E-state index in [2.05, 4.69) is 29.2 Å². The van der Waals surface area contributed by atoms with Crippen molar-refractivity contribution in [1.82, 2.24) is 0 Å². The minimum atomic E-state index is -0.158. The Morgan fingerprint density at radius 2 is 1.96 bits per heavy atom. The molecule has 2 heterocycles. The Labute approximate surface area is 141 Å². The maximum atomic E-state index is 10.9. The molecule has 4 rings (SSSR count). The molecular weight excluding hydrogens is 298 g/mol. The number of benzene rings is 1. The van der Waals surface area contributed by atoms with Gasteiger partial charge in [0.1, 0.15) is 17.6 Å². The van der Waals surface area contributed by atoms with E-state index in [1.54, 1.807) is 0 Å². The van der Waals surface area contributed by atoms with Crippen LogP contribution in [0.3, 0.4) is 0 Å². The van der Waals surface area contributed by atoms with Crippen molar-refractivity contribution in [2.45, 2.75) is 19.3 Å². The number of piperidine rings is 1. The third-order valence-electron chi connectivity index (χ3n) is 4.77. The molecule has 24 heavy (non-hydrogen) atoms. The molecule has 0 saturated carbocycles. The van der Waals surface area contributed by atoms with Gasteiger partial charge in [0.2, 0.25) is 0 Å². The number of allylic oxidation sites excluding steroid dienone is 6. The smallest absolute Gasteiger partial charge is 0.135 e. The Kier molecular flexibility index (Phi) is 4.08. The van der Waals surface area contributed by atoms with E-state index in [-0.39, 0.29) is 5.92 Å². The predicted octanol–water partition coefficient (Wildman–Crippen LogP) is 4.75. The highest BCUT2D eigenvalue weighted by Gasteiger charge is 2.13. The van der Waals surface area contributed by atoms with Crippen LogP contribution in [0, 0.1) is 5.92 Å². The lowest BCUT2D eigenvalue weighted by Gasteiger charge is -2.28. The molecule has 0 bridgehead atoms. The quantitative estimate of drug-likeness (QED) is 0.766. The van der Waals surface area contributed by atoms with Gasteiger partial charge in [0.05, 0.1) is 5.92 Å². The first-order valence-electron chi connectivity index (χ1n) is 8.64. The SMILES string of the molecule is O=CC1C=CC=C(c2cc3cc(N4CCCCC4)ccc3o2)C=C1. The summed E-state index contributed by atoms with van der Waals surface area (Å²) in [6.45, 7) is 2.28. The molecule has 2 aliphatic rings. The number of carbonyl (C=O) groups is 1. The van der Waals surface area contributed by atoms with Crippen molar-refractivity contribution in [3.05, 3.63) is 60.4 Å². The van der Waals surface area contributed by atoms with E-state index in [0.29, 0.717) is 0 Å². The third kappa shape index (κ3) is 2.94. The van der Waals surface area contributed by atoms with Crippen LogP contribution in [0.1, 0.15) is 25.0 Å². The molecule has 0 radical (unpaired) electrons. The second-order valence-corrected chi connectivity index (χ2v) is 6.46. The van der Waals surface area contributed by atoms with E-state index in [1.807, 2.05) is 30.4 Å². The summed E-state index contributed by atoms with van der Waals surface area (Å²) in [6, 6.07) is 8.53. The van der Waals surface area contributed by atoms with Crippen molar-refractivity contribution in [1.29, 1.82) is 0 Å². The summed E-state index contributed by atoms with van der Waals surface area (Å²) >= 11 is 0. The molecule has 1 saturated heterocycles. The second-order valence-electron chi connectivity index (χ2n) is 6.46. The third-order valence-corrected chi connectivity index (χ3v) is 4.77. The van der Waals surface area contributed by atoms with Gasteiger partial charge in [-0.1, -0.05) is 30.4 Å². The Balaban J connectivity index is 1.65. The van der Waals surface area contributed by atoms with Gasteiger partial charge in [0.25, 0.3) is 0 Å². The summed E-state index contributed by atoms with van der Waals surface area (Å²) < 4.78 is 6.01. The van der Waals surface area contributed by atoms with Gasteiger partial charge in [-0.05, 0) is 43.5 Å². The highest BCUT2D eigenvalue weighted by atomic mass is 16.3. The Hall–Kier alpha value is -2.55. The van der Waals surface area contributed by atoms with Gasteiger partial charge in [-0.25, -0.2) is 0 Å². The monoisotopic (exact) mass is 319 g/mol.